The van der Waals surface area contributed by atoms with Crippen LogP contribution in [0, 0.1) is 0 Å². The second-order valence-corrected chi connectivity index (χ2v) is 7.87. The van der Waals surface area contributed by atoms with Gasteiger partial charge >= 0.3 is 0 Å². The van der Waals surface area contributed by atoms with Crippen molar-refractivity contribution in [3.8, 4) is 0 Å². The second-order valence-electron chi connectivity index (χ2n) is 5.89. The van der Waals surface area contributed by atoms with Crippen molar-refractivity contribution >= 4 is 21.9 Å². The van der Waals surface area contributed by atoms with Crippen LogP contribution in [0.2, 0.25) is 0 Å². The summed E-state index contributed by atoms with van der Waals surface area (Å²) in [6, 6.07) is 0. The molecule has 3 rings (SSSR count). The molecule has 10 heteroatoms. The maximum atomic E-state index is 11.6. The van der Waals surface area contributed by atoms with E-state index in [-0.39, 0.29) is 11.9 Å². The highest BCUT2D eigenvalue weighted by molar-refractivity contribution is 7.88. The summed E-state index contributed by atoms with van der Waals surface area (Å²) in [5.41, 5.74) is 5.84. The lowest BCUT2D eigenvalue weighted by atomic mass is 9.97. The molecule has 3 heterocycles. The van der Waals surface area contributed by atoms with Gasteiger partial charge in [0.15, 0.2) is 0 Å². The highest BCUT2D eigenvalue weighted by Crippen LogP contribution is 2.28. The number of nitrogen functional groups attached to an aromatic ring is 1. The van der Waals surface area contributed by atoms with Crippen LogP contribution in [0.25, 0.3) is 0 Å². The Hall–Kier alpha value is -1.52. The molecule has 1 aromatic rings. The minimum atomic E-state index is -3.13. The van der Waals surface area contributed by atoms with Crippen LogP contribution < -0.4 is 10.6 Å². The van der Waals surface area contributed by atoms with Gasteiger partial charge < -0.3 is 15.4 Å². The van der Waals surface area contributed by atoms with Crippen LogP contribution in [0.1, 0.15) is 24.6 Å². The van der Waals surface area contributed by atoms with Crippen molar-refractivity contribution in [1.82, 2.24) is 19.3 Å². The molecule has 9 nitrogen and oxygen atoms in total. The van der Waals surface area contributed by atoms with Gasteiger partial charge in [-0.25, -0.2) is 12.7 Å². The summed E-state index contributed by atoms with van der Waals surface area (Å²) in [4.78, 5) is 15.1. The lowest BCUT2D eigenvalue weighted by molar-refractivity contribution is 0.122. The summed E-state index contributed by atoms with van der Waals surface area (Å²) in [5.74, 6) is 1.56. The van der Waals surface area contributed by atoms with Gasteiger partial charge in [-0.2, -0.15) is 15.0 Å². The van der Waals surface area contributed by atoms with E-state index in [2.05, 4.69) is 15.0 Å². The fourth-order valence-corrected chi connectivity index (χ4v) is 3.80. The van der Waals surface area contributed by atoms with Crippen molar-refractivity contribution in [1.29, 1.82) is 0 Å². The third-order valence-electron chi connectivity index (χ3n) is 4.24. The molecule has 0 spiro atoms. The van der Waals surface area contributed by atoms with Gasteiger partial charge in [-0.05, 0) is 12.8 Å². The van der Waals surface area contributed by atoms with Gasteiger partial charge in [0, 0.05) is 32.1 Å². The summed E-state index contributed by atoms with van der Waals surface area (Å²) < 4.78 is 30.0. The molecular formula is C13H22N6O3S. The predicted molar refractivity (Wildman–Crippen MR) is 85.7 cm³/mol. The van der Waals surface area contributed by atoms with E-state index < -0.39 is 10.0 Å². The first-order chi connectivity index (χ1) is 10.9. The average molecular weight is 342 g/mol. The Bertz CT molecular complexity index is 654. The normalized spacial score (nSPS) is 21.5. The molecule has 0 bridgehead atoms. The maximum absolute atomic E-state index is 11.6. The summed E-state index contributed by atoms with van der Waals surface area (Å²) in [6.45, 7) is 3.73. The Morgan fingerprint density at radius 2 is 1.74 bits per heavy atom. The van der Waals surface area contributed by atoms with Gasteiger partial charge in [0.05, 0.1) is 19.5 Å². The highest BCUT2D eigenvalue weighted by atomic mass is 32.2. The molecule has 0 aliphatic carbocycles. The molecule has 23 heavy (non-hydrogen) atoms. The van der Waals surface area contributed by atoms with Gasteiger partial charge in [-0.3, -0.25) is 0 Å². The summed E-state index contributed by atoms with van der Waals surface area (Å²) in [7, 11) is -3.13. The number of hydrogen-bond donors (Lipinski definition) is 1. The third-order valence-corrected chi connectivity index (χ3v) is 5.54. The van der Waals surface area contributed by atoms with Crippen molar-refractivity contribution in [3.63, 3.8) is 0 Å². The lowest BCUT2D eigenvalue weighted by Crippen LogP contribution is -2.39. The van der Waals surface area contributed by atoms with Crippen LogP contribution in [-0.2, 0) is 14.8 Å². The van der Waals surface area contributed by atoms with Crippen LogP contribution >= 0.6 is 0 Å². The number of ether oxygens (including phenoxy) is 1. The predicted octanol–water partition coefficient (Wildman–Crippen LogP) is -0.571. The van der Waals surface area contributed by atoms with Gasteiger partial charge in [-0.1, -0.05) is 0 Å². The molecule has 128 valence electrons. The van der Waals surface area contributed by atoms with E-state index in [0.29, 0.717) is 50.9 Å². The molecule has 2 aliphatic rings. The fourth-order valence-electron chi connectivity index (χ4n) is 2.93. The zero-order valence-corrected chi connectivity index (χ0v) is 14.0. The van der Waals surface area contributed by atoms with Crippen LogP contribution in [-0.4, -0.2) is 73.3 Å². The molecule has 0 unspecified atom stereocenters. The molecule has 2 aliphatic heterocycles. The third kappa shape index (κ3) is 3.88. The van der Waals surface area contributed by atoms with Crippen molar-refractivity contribution in [2.75, 3.05) is 56.3 Å². The molecule has 0 atom stereocenters. The van der Waals surface area contributed by atoms with Crippen molar-refractivity contribution < 1.29 is 13.2 Å². The van der Waals surface area contributed by atoms with Gasteiger partial charge in [0.1, 0.15) is 5.82 Å². The Labute approximate surface area is 135 Å². The number of anilines is 2. The molecule has 0 radical (unpaired) electrons. The Balaban J connectivity index is 1.74. The van der Waals surface area contributed by atoms with Gasteiger partial charge in [0.25, 0.3) is 0 Å². The molecule has 2 N–H and O–H groups in total. The van der Waals surface area contributed by atoms with E-state index in [1.54, 1.807) is 0 Å². The van der Waals surface area contributed by atoms with Crippen molar-refractivity contribution in [2.45, 2.75) is 18.8 Å². The molecule has 1 aromatic heterocycles. The lowest BCUT2D eigenvalue weighted by Gasteiger charge is -2.30. The number of hydrogen-bond acceptors (Lipinski definition) is 8. The van der Waals surface area contributed by atoms with E-state index in [1.807, 2.05) is 4.90 Å². The summed E-state index contributed by atoms with van der Waals surface area (Å²) in [6.07, 6.45) is 2.63. The van der Waals surface area contributed by atoms with Crippen LogP contribution in [0.5, 0.6) is 0 Å². The number of rotatable bonds is 3. The van der Waals surface area contributed by atoms with E-state index in [1.165, 1.54) is 10.6 Å². The molecule has 2 fully saturated rings. The first-order valence-electron chi connectivity index (χ1n) is 7.73. The van der Waals surface area contributed by atoms with Crippen LogP contribution in [0.3, 0.4) is 0 Å². The highest BCUT2D eigenvalue weighted by Gasteiger charge is 2.28. The van der Waals surface area contributed by atoms with Crippen molar-refractivity contribution in [3.05, 3.63) is 5.82 Å². The standard InChI is InChI=1S/C13H22N6O3S/c1-23(20,21)19-4-2-10(3-5-19)11-15-12(14)17-13(16-11)18-6-8-22-9-7-18/h10H,2-9H2,1H3,(H2,14,15,16,17). The number of aromatic nitrogens is 3. The van der Waals surface area contributed by atoms with E-state index in [0.717, 1.165) is 13.1 Å². The first-order valence-corrected chi connectivity index (χ1v) is 9.57. The smallest absolute Gasteiger partial charge is 0.230 e. The fraction of sp³-hybridized carbons (Fsp3) is 0.769. The van der Waals surface area contributed by atoms with Crippen LogP contribution in [0.4, 0.5) is 11.9 Å². The monoisotopic (exact) mass is 342 g/mol. The molecule has 0 aromatic carbocycles. The number of sulfonamides is 1. The van der Waals surface area contributed by atoms with E-state index >= 15 is 0 Å². The number of morpholine rings is 1. The molecule has 0 saturated carbocycles. The number of piperidine rings is 1. The largest absolute Gasteiger partial charge is 0.378 e. The Morgan fingerprint density at radius 1 is 1.09 bits per heavy atom. The Morgan fingerprint density at radius 3 is 2.35 bits per heavy atom. The zero-order chi connectivity index (χ0) is 16.4. The van der Waals surface area contributed by atoms with Crippen molar-refractivity contribution in [2.24, 2.45) is 0 Å². The molecule has 0 amide bonds. The zero-order valence-electron chi connectivity index (χ0n) is 13.2. The molecular weight excluding hydrogens is 320 g/mol. The summed E-state index contributed by atoms with van der Waals surface area (Å²) >= 11 is 0. The SMILES string of the molecule is CS(=O)(=O)N1CCC(c2nc(N)nc(N3CCOCC3)n2)CC1. The van der Waals surface area contributed by atoms with E-state index in [4.69, 9.17) is 10.5 Å². The Kier molecular flexibility index (Phi) is 4.64. The molecule has 2 saturated heterocycles. The van der Waals surface area contributed by atoms with Gasteiger partial charge in [0.2, 0.25) is 21.9 Å². The number of nitrogens with zero attached hydrogens (tertiary/aromatic N) is 5. The average Bonchev–Trinajstić information content (AvgIpc) is 2.54. The van der Waals surface area contributed by atoms with E-state index in [9.17, 15) is 8.42 Å². The van der Waals surface area contributed by atoms with Gasteiger partial charge in [-0.15, -0.1) is 0 Å². The minimum Gasteiger partial charge on any atom is -0.378 e. The first kappa shape index (κ1) is 16.3. The van der Waals surface area contributed by atoms with Crippen LogP contribution in [0.15, 0.2) is 0 Å². The topological polar surface area (TPSA) is 115 Å². The maximum Gasteiger partial charge on any atom is 0.230 e. The quantitative estimate of drug-likeness (QED) is 0.776. The number of nitrogens with two attached hydrogens (primary N) is 1. The summed E-state index contributed by atoms with van der Waals surface area (Å²) in [5, 5.41) is 0. The minimum absolute atomic E-state index is 0.109. The second kappa shape index (κ2) is 6.54.